The summed E-state index contributed by atoms with van der Waals surface area (Å²) in [6.45, 7) is 6.23. The summed E-state index contributed by atoms with van der Waals surface area (Å²) in [6.07, 6.45) is 1.12. The van der Waals surface area contributed by atoms with Gasteiger partial charge >= 0.3 is 5.97 Å². The van der Waals surface area contributed by atoms with Crippen molar-refractivity contribution in [2.45, 2.75) is 39.7 Å². The van der Waals surface area contributed by atoms with E-state index in [0.29, 0.717) is 25.5 Å². The van der Waals surface area contributed by atoms with Crippen molar-refractivity contribution in [3.8, 4) is 0 Å². The number of nitrogens with one attached hydrogen (secondary N) is 1. The molecule has 2 atom stereocenters. The zero-order valence-electron chi connectivity index (χ0n) is 10.3. The number of carbonyl (C=O) groups excluding carboxylic acids is 2. The SMILES string of the molecule is CCOC(=O)C(C)NC(=O)CCC(C)CN. The molecule has 16 heavy (non-hydrogen) atoms. The summed E-state index contributed by atoms with van der Waals surface area (Å²) in [5.74, 6) is -0.216. The molecule has 3 N–H and O–H groups in total. The highest BCUT2D eigenvalue weighted by molar-refractivity contribution is 5.84. The van der Waals surface area contributed by atoms with Crippen molar-refractivity contribution in [1.29, 1.82) is 0 Å². The smallest absolute Gasteiger partial charge is 0.328 e. The number of hydrogen-bond acceptors (Lipinski definition) is 4. The van der Waals surface area contributed by atoms with Gasteiger partial charge in [0.05, 0.1) is 6.61 Å². The molecule has 94 valence electrons. The van der Waals surface area contributed by atoms with Gasteiger partial charge in [0.25, 0.3) is 0 Å². The third-order valence-electron chi connectivity index (χ3n) is 2.28. The van der Waals surface area contributed by atoms with Crippen molar-refractivity contribution in [3.63, 3.8) is 0 Å². The van der Waals surface area contributed by atoms with Gasteiger partial charge in [-0.3, -0.25) is 4.79 Å². The Morgan fingerprint density at radius 1 is 1.38 bits per heavy atom. The maximum Gasteiger partial charge on any atom is 0.328 e. The van der Waals surface area contributed by atoms with E-state index in [2.05, 4.69) is 5.32 Å². The summed E-state index contributed by atoms with van der Waals surface area (Å²) in [7, 11) is 0. The van der Waals surface area contributed by atoms with Gasteiger partial charge in [0.2, 0.25) is 5.91 Å². The second-order valence-corrected chi connectivity index (χ2v) is 3.92. The molecule has 0 spiro atoms. The average molecular weight is 230 g/mol. The molecule has 0 aliphatic rings. The predicted molar refractivity (Wildman–Crippen MR) is 61.7 cm³/mol. The molecule has 5 heteroatoms. The number of amides is 1. The van der Waals surface area contributed by atoms with Gasteiger partial charge in [0.1, 0.15) is 6.04 Å². The van der Waals surface area contributed by atoms with Crippen molar-refractivity contribution >= 4 is 11.9 Å². The lowest BCUT2D eigenvalue weighted by atomic mass is 10.1. The van der Waals surface area contributed by atoms with E-state index in [4.69, 9.17) is 10.5 Å². The Morgan fingerprint density at radius 3 is 2.50 bits per heavy atom. The largest absolute Gasteiger partial charge is 0.464 e. The van der Waals surface area contributed by atoms with Gasteiger partial charge in [-0.05, 0) is 32.7 Å². The number of hydrogen-bond donors (Lipinski definition) is 2. The van der Waals surface area contributed by atoms with E-state index in [1.807, 2.05) is 6.92 Å². The third-order valence-corrected chi connectivity index (χ3v) is 2.28. The fourth-order valence-electron chi connectivity index (χ4n) is 1.14. The Labute approximate surface area is 96.7 Å². The van der Waals surface area contributed by atoms with Crippen molar-refractivity contribution in [2.75, 3.05) is 13.2 Å². The van der Waals surface area contributed by atoms with Crippen LogP contribution in [-0.2, 0) is 14.3 Å². The Morgan fingerprint density at radius 2 is 2.00 bits per heavy atom. The molecule has 5 nitrogen and oxygen atoms in total. The molecule has 0 rings (SSSR count). The first kappa shape index (κ1) is 14.9. The van der Waals surface area contributed by atoms with Crippen LogP contribution in [0.3, 0.4) is 0 Å². The van der Waals surface area contributed by atoms with Gasteiger partial charge in [0, 0.05) is 6.42 Å². The van der Waals surface area contributed by atoms with Crippen LogP contribution >= 0.6 is 0 Å². The summed E-state index contributed by atoms with van der Waals surface area (Å²) in [5.41, 5.74) is 5.44. The van der Waals surface area contributed by atoms with E-state index in [9.17, 15) is 9.59 Å². The normalized spacial score (nSPS) is 14.0. The molecule has 0 radical (unpaired) electrons. The molecular weight excluding hydrogens is 208 g/mol. The second kappa shape index (κ2) is 8.10. The number of nitrogens with two attached hydrogens (primary N) is 1. The number of ether oxygens (including phenoxy) is 1. The molecule has 0 aromatic heterocycles. The minimum Gasteiger partial charge on any atom is -0.464 e. The van der Waals surface area contributed by atoms with E-state index in [0.717, 1.165) is 6.42 Å². The molecule has 0 fully saturated rings. The van der Waals surface area contributed by atoms with Crippen molar-refractivity contribution < 1.29 is 14.3 Å². The van der Waals surface area contributed by atoms with Crippen LogP contribution in [0.25, 0.3) is 0 Å². The zero-order chi connectivity index (χ0) is 12.6. The van der Waals surface area contributed by atoms with Gasteiger partial charge in [-0.15, -0.1) is 0 Å². The molecule has 0 aliphatic carbocycles. The van der Waals surface area contributed by atoms with Gasteiger partial charge in [-0.2, -0.15) is 0 Å². The second-order valence-electron chi connectivity index (χ2n) is 3.92. The zero-order valence-corrected chi connectivity index (χ0v) is 10.3. The van der Waals surface area contributed by atoms with E-state index in [1.54, 1.807) is 13.8 Å². The molecule has 0 saturated carbocycles. The average Bonchev–Trinajstić information content (AvgIpc) is 2.26. The highest BCUT2D eigenvalue weighted by Crippen LogP contribution is 2.03. The number of esters is 1. The van der Waals surface area contributed by atoms with Crippen molar-refractivity contribution in [1.82, 2.24) is 5.32 Å². The van der Waals surface area contributed by atoms with Crippen LogP contribution in [0.5, 0.6) is 0 Å². The summed E-state index contributed by atoms with van der Waals surface area (Å²) >= 11 is 0. The summed E-state index contributed by atoms with van der Waals surface area (Å²) in [4.78, 5) is 22.6. The molecule has 0 saturated heterocycles. The molecule has 0 heterocycles. The molecule has 2 unspecified atom stereocenters. The molecule has 1 amide bonds. The highest BCUT2D eigenvalue weighted by Gasteiger charge is 2.16. The molecule has 0 aliphatic heterocycles. The molecular formula is C11H22N2O3. The summed E-state index contributed by atoms with van der Waals surface area (Å²) < 4.78 is 4.78. The number of carbonyl (C=O) groups is 2. The first-order valence-corrected chi connectivity index (χ1v) is 5.67. The topological polar surface area (TPSA) is 81.4 Å². The van der Waals surface area contributed by atoms with Crippen LogP contribution in [0.2, 0.25) is 0 Å². The molecule has 0 bridgehead atoms. The minimum atomic E-state index is -0.583. The van der Waals surface area contributed by atoms with E-state index >= 15 is 0 Å². The van der Waals surface area contributed by atoms with Crippen LogP contribution < -0.4 is 11.1 Å². The number of rotatable bonds is 7. The van der Waals surface area contributed by atoms with Gasteiger partial charge in [0.15, 0.2) is 0 Å². The van der Waals surface area contributed by atoms with Crippen LogP contribution in [-0.4, -0.2) is 31.1 Å². The van der Waals surface area contributed by atoms with E-state index < -0.39 is 12.0 Å². The lowest BCUT2D eigenvalue weighted by Crippen LogP contribution is -2.39. The Bertz CT molecular complexity index is 231. The Hall–Kier alpha value is -1.10. The van der Waals surface area contributed by atoms with Crippen LogP contribution in [0.1, 0.15) is 33.6 Å². The lowest BCUT2D eigenvalue weighted by molar-refractivity contribution is -0.146. The lowest BCUT2D eigenvalue weighted by Gasteiger charge is -2.13. The van der Waals surface area contributed by atoms with Crippen molar-refractivity contribution in [3.05, 3.63) is 0 Å². The molecule has 0 aromatic carbocycles. The van der Waals surface area contributed by atoms with Gasteiger partial charge in [-0.1, -0.05) is 6.92 Å². The first-order chi connectivity index (χ1) is 7.51. The van der Waals surface area contributed by atoms with Gasteiger partial charge < -0.3 is 15.8 Å². The monoisotopic (exact) mass is 230 g/mol. The first-order valence-electron chi connectivity index (χ1n) is 5.67. The standard InChI is InChI=1S/C11H22N2O3/c1-4-16-11(15)9(3)13-10(14)6-5-8(2)7-12/h8-9H,4-7,12H2,1-3H3,(H,13,14). The maximum atomic E-state index is 11.4. The van der Waals surface area contributed by atoms with Crippen molar-refractivity contribution in [2.24, 2.45) is 11.7 Å². The summed E-state index contributed by atoms with van der Waals surface area (Å²) in [6, 6.07) is -0.583. The van der Waals surface area contributed by atoms with Crippen LogP contribution in [0.4, 0.5) is 0 Å². The predicted octanol–water partition coefficient (Wildman–Crippen LogP) is 0.429. The fraction of sp³-hybridized carbons (Fsp3) is 0.818. The summed E-state index contributed by atoms with van der Waals surface area (Å²) in [5, 5.41) is 2.59. The third kappa shape index (κ3) is 6.40. The quantitative estimate of drug-likeness (QED) is 0.621. The maximum absolute atomic E-state index is 11.4. The van der Waals surface area contributed by atoms with Crippen LogP contribution in [0, 0.1) is 5.92 Å². The highest BCUT2D eigenvalue weighted by atomic mass is 16.5. The Kier molecular flexibility index (Phi) is 7.54. The van der Waals surface area contributed by atoms with Crippen LogP contribution in [0.15, 0.2) is 0 Å². The van der Waals surface area contributed by atoms with E-state index in [-0.39, 0.29) is 5.91 Å². The minimum absolute atomic E-state index is 0.138. The Balaban J connectivity index is 3.82. The van der Waals surface area contributed by atoms with Gasteiger partial charge in [-0.25, -0.2) is 4.79 Å². The molecule has 0 aromatic rings. The fourth-order valence-corrected chi connectivity index (χ4v) is 1.14. The van der Waals surface area contributed by atoms with E-state index in [1.165, 1.54) is 0 Å².